The van der Waals surface area contributed by atoms with Crippen LogP contribution in [0.4, 0.5) is 0 Å². The second-order valence-electron chi connectivity index (χ2n) is 4.12. The molecule has 0 rings (SSSR count). The number of allylic oxidation sites excluding steroid dienone is 1. The summed E-state index contributed by atoms with van der Waals surface area (Å²) in [6, 6.07) is 0.0310. The molecule has 0 fully saturated rings. The Morgan fingerprint density at radius 2 is 1.71 bits per heavy atom. The van der Waals surface area contributed by atoms with Crippen molar-refractivity contribution in [3.05, 3.63) is 11.3 Å². The summed E-state index contributed by atoms with van der Waals surface area (Å²) in [6.45, 7) is 11.1. The van der Waals surface area contributed by atoms with Gasteiger partial charge in [-0.1, -0.05) is 6.92 Å². The number of hydrogen-bond acceptors (Lipinski definition) is 3. The van der Waals surface area contributed by atoms with E-state index in [9.17, 15) is 9.59 Å². The number of ether oxygens (including phenoxy) is 1. The minimum absolute atomic E-state index is 0.0310. The number of nitrogens with zero attached hydrogens (tertiary/aromatic N) is 1. The van der Waals surface area contributed by atoms with Crippen molar-refractivity contribution in [2.24, 2.45) is 0 Å². The van der Waals surface area contributed by atoms with Crippen LogP contribution in [0.5, 0.6) is 0 Å². The summed E-state index contributed by atoms with van der Waals surface area (Å²) >= 11 is 0. The van der Waals surface area contributed by atoms with Gasteiger partial charge < -0.3 is 9.64 Å². The third-order valence-electron chi connectivity index (χ3n) is 2.53. The van der Waals surface area contributed by atoms with E-state index in [1.165, 1.54) is 6.92 Å². The fraction of sp³-hybridized carbons (Fsp3) is 0.692. The third kappa shape index (κ3) is 4.21. The van der Waals surface area contributed by atoms with Crippen LogP contribution in [-0.4, -0.2) is 29.4 Å². The molecular formula is C13H23NO3. The predicted octanol–water partition coefficient (Wildman–Crippen LogP) is 2.49. The molecule has 0 aliphatic rings. The lowest BCUT2D eigenvalue weighted by molar-refractivity contribution is -0.138. The third-order valence-corrected chi connectivity index (χ3v) is 2.53. The minimum atomic E-state index is -0.334. The lowest BCUT2D eigenvalue weighted by Crippen LogP contribution is -2.35. The summed E-state index contributed by atoms with van der Waals surface area (Å²) < 4.78 is 4.99. The van der Waals surface area contributed by atoms with Gasteiger partial charge in [0.05, 0.1) is 12.2 Å². The first-order valence-corrected chi connectivity index (χ1v) is 6.03. The van der Waals surface area contributed by atoms with E-state index in [0.717, 1.165) is 0 Å². The maximum absolute atomic E-state index is 11.7. The number of carbonyl (C=O) groups excluding carboxylic acids is 2. The molecular weight excluding hydrogens is 218 g/mol. The van der Waals surface area contributed by atoms with Gasteiger partial charge in [0.1, 0.15) is 0 Å². The maximum atomic E-state index is 11.7. The van der Waals surface area contributed by atoms with Crippen LogP contribution in [-0.2, 0) is 14.3 Å². The van der Waals surface area contributed by atoms with E-state index in [0.29, 0.717) is 24.3 Å². The van der Waals surface area contributed by atoms with E-state index in [-0.39, 0.29) is 17.9 Å². The molecule has 1 amide bonds. The lowest BCUT2D eigenvalue weighted by atomic mass is 10.1. The van der Waals surface area contributed by atoms with Crippen LogP contribution in [0.25, 0.3) is 0 Å². The summed E-state index contributed by atoms with van der Waals surface area (Å²) in [7, 11) is 0. The molecule has 4 nitrogen and oxygen atoms in total. The van der Waals surface area contributed by atoms with Crippen molar-refractivity contribution in [2.75, 3.05) is 6.61 Å². The van der Waals surface area contributed by atoms with Gasteiger partial charge in [-0.3, -0.25) is 4.79 Å². The fourth-order valence-electron chi connectivity index (χ4n) is 1.90. The molecule has 0 aromatic rings. The van der Waals surface area contributed by atoms with Crippen molar-refractivity contribution in [3.8, 4) is 0 Å². The Labute approximate surface area is 104 Å². The summed E-state index contributed by atoms with van der Waals surface area (Å²) in [5.74, 6) is -0.396. The highest BCUT2D eigenvalue weighted by Gasteiger charge is 2.21. The molecule has 17 heavy (non-hydrogen) atoms. The van der Waals surface area contributed by atoms with Crippen molar-refractivity contribution in [1.29, 1.82) is 0 Å². The Hall–Kier alpha value is -1.32. The average molecular weight is 241 g/mol. The largest absolute Gasteiger partial charge is 0.463 e. The highest BCUT2D eigenvalue weighted by molar-refractivity contribution is 5.90. The quantitative estimate of drug-likeness (QED) is 0.549. The first-order chi connectivity index (χ1) is 7.86. The zero-order valence-corrected chi connectivity index (χ0v) is 11.7. The van der Waals surface area contributed by atoms with Crippen LogP contribution in [0.3, 0.4) is 0 Å². The normalized spacial score (nSPS) is 12.2. The Morgan fingerprint density at radius 3 is 2.00 bits per heavy atom. The molecule has 0 aliphatic carbocycles. The van der Waals surface area contributed by atoms with E-state index in [1.54, 1.807) is 18.7 Å². The lowest BCUT2D eigenvalue weighted by Gasteiger charge is -2.27. The van der Waals surface area contributed by atoms with Crippen LogP contribution < -0.4 is 0 Å². The summed E-state index contributed by atoms with van der Waals surface area (Å²) in [5.41, 5.74) is 1.25. The molecule has 0 heterocycles. The Morgan fingerprint density at radius 1 is 1.18 bits per heavy atom. The first-order valence-electron chi connectivity index (χ1n) is 6.03. The second kappa shape index (κ2) is 7.09. The van der Waals surface area contributed by atoms with Gasteiger partial charge in [0.2, 0.25) is 5.91 Å². The molecule has 0 aromatic heterocycles. The van der Waals surface area contributed by atoms with E-state index in [2.05, 4.69) is 0 Å². The van der Waals surface area contributed by atoms with Crippen molar-refractivity contribution in [1.82, 2.24) is 4.90 Å². The minimum Gasteiger partial charge on any atom is -0.463 e. The van der Waals surface area contributed by atoms with Gasteiger partial charge in [-0.2, -0.15) is 0 Å². The Bertz CT molecular complexity index is 319. The number of rotatable bonds is 5. The molecule has 0 unspecified atom stereocenters. The van der Waals surface area contributed by atoms with Crippen LogP contribution >= 0.6 is 0 Å². The number of amides is 1. The van der Waals surface area contributed by atoms with E-state index < -0.39 is 0 Å². The first kappa shape index (κ1) is 15.7. The van der Waals surface area contributed by atoms with Crippen molar-refractivity contribution in [3.63, 3.8) is 0 Å². The van der Waals surface area contributed by atoms with Gasteiger partial charge in [-0.05, 0) is 34.1 Å². The summed E-state index contributed by atoms with van der Waals surface area (Å²) in [4.78, 5) is 24.9. The van der Waals surface area contributed by atoms with Crippen molar-refractivity contribution in [2.45, 2.75) is 54.0 Å². The number of esters is 1. The Kier molecular flexibility index (Phi) is 6.54. The summed E-state index contributed by atoms with van der Waals surface area (Å²) in [5, 5.41) is 0. The van der Waals surface area contributed by atoms with Crippen molar-refractivity contribution >= 4 is 11.9 Å². The van der Waals surface area contributed by atoms with Gasteiger partial charge in [0.25, 0.3) is 0 Å². The predicted molar refractivity (Wildman–Crippen MR) is 67.3 cm³/mol. The zero-order valence-electron chi connectivity index (χ0n) is 11.7. The second-order valence-corrected chi connectivity index (χ2v) is 4.12. The van der Waals surface area contributed by atoms with Gasteiger partial charge >= 0.3 is 5.97 Å². The molecule has 4 heteroatoms. The molecule has 0 aromatic carbocycles. The SMILES string of the molecule is CCOC(=O)/C(CC)=C(/C)N(C(C)=O)C(C)C. The maximum Gasteiger partial charge on any atom is 0.335 e. The standard InChI is InChI=1S/C13H23NO3/c1-7-12(13(16)17-8-2)10(5)14(9(3)4)11(6)15/h9H,7-8H2,1-6H3/b12-10-. The van der Waals surface area contributed by atoms with Crippen molar-refractivity contribution < 1.29 is 14.3 Å². The van der Waals surface area contributed by atoms with Gasteiger partial charge in [-0.15, -0.1) is 0 Å². The molecule has 0 N–H and O–H groups in total. The molecule has 0 saturated heterocycles. The van der Waals surface area contributed by atoms with Gasteiger partial charge in [-0.25, -0.2) is 4.79 Å². The Balaban J connectivity index is 5.31. The summed E-state index contributed by atoms with van der Waals surface area (Å²) in [6.07, 6.45) is 0.557. The van der Waals surface area contributed by atoms with Crippen LogP contribution in [0.2, 0.25) is 0 Å². The molecule has 0 saturated carbocycles. The van der Waals surface area contributed by atoms with Crippen LogP contribution in [0, 0.1) is 0 Å². The topological polar surface area (TPSA) is 46.6 Å². The molecule has 0 atom stereocenters. The van der Waals surface area contributed by atoms with Crippen LogP contribution in [0.1, 0.15) is 48.0 Å². The van der Waals surface area contributed by atoms with Crippen LogP contribution in [0.15, 0.2) is 11.3 Å². The van der Waals surface area contributed by atoms with E-state index in [1.807, 2.05) is 20.8 Å². The zero-order chi connectivity index (χ0) is 13.6. The van der Waals surface area contributed by atoms with Gasteiger partial charge in [0.15, 0.2) is 0 Å². The number of carbonyl (C=O) groups is 2. The van der Waals surface area contributed by atoms with E-state index >= 15 is 0 Å². The molecule has 0 radical (unpaired) electrons. The average Bonchev–Trinajstić information content (AvgIpc) is 2.17. The van der Waals surface area contributed by atoms with Gasteiger partial charge in [0, 0.05) is 18.7 Å². The number of hydrogen-bond donors (Lipinski definition) is 0. The molecule has 98 valence electrons. The smallest absolute Gasteiger partial charge is 0.335 e. The molecule has 0 bridgehead atoms. The highest BCUT2D eigenvalue weighted by atomic mass is 16.5. The molecule has 0 spiro atoms. The monoisotopic (exact) mass is 241 g/mol. The molecule has 0 aliphatic heterocycles. The highest BCUT2D eigenvalue weighted by Crippen LogP contribution is 2.17. The van der Waals surface area contributed by atoms with E-state index in [4.69, 9.17) is 4.74 Å². The fourth-order valence-corrected chi connectivity index (χ4v) is 1.90.